The molecular weight excluding hydrogens is 242 g/mol. The molecule has 0 radical (unpaired) electrons. The monoisotopic (exact) mass is 259 g/mol. The predicted molar refractivity (Wildman–Crippen MR) is 74.1 cm³/mol. The zero-order chi connectivity index (χ0) is 13.7. The first-order valence-electron chi connectivity index (χ1n) is 6.20. The Morgan fingerprint density at radius 2 is 2.16 bits per heavy atom. The lowest BCUT2D eigenvalue weighted by Crippen LogP contribution is -2.21. The molecule has 0 saturated heterocycles. The Labute approximate surface area is 112 Å². The van der Waals surface area contributed by atoms with Crippen molar-refractivity contribution in [2.45, 2.75) is 12.8 Å². The zero-order valence-corrected chi connectivity index (χ0v) is 11.2. The molecule has 2 aromatic rings. The molecule has 100 valence electrons. The van der Waals surface area contributed by atoms with E-state index in [2.05, 4.69) is 14.9 Å². The number of carbonyl (C=O) groups is 1. The van der Waals surface area contributed by atoms with Crippen molar-refractivity contribution in [3.63, 3.8) is 0 Å². The van der Waals surface area contributed by atoms with E-state index in [0.29, 0.717) is 6.42 Å². The first-order valence-corrected chi connectivity index (χ1v) is 6.20. The molecule has 0 aliphatic carbocycles. The van der Waals surface area contributed by atoms with Gasteiger partial charge in [-0.2, -0.15) is 5.10 Å². The number of nitrogens with zero attached hydrogens (tertiary/aromatic N) is 3. The Kier molecular flexibility index (Phi) is 4.28. The second kappa shape index (κ2) is 6.13. The quantitative estimate of drug-likeness (QED) is 0.769. The van der Waals surface area contributed by atoms with Crippen LogP contribution in [0.15, 0.2) is 30.5 Å². The summed E-state index contributed by atoms with van der Waals surface area (Å²) in [6.07, 6.45) is 2.90. The summed E-state index contributed by atoms with van der Waals surface area (Å²) in [7, 11) is 3.36. The highest BCUT2D eigenvalue weighted by Gasteiger charge is 2.09. The van der Waals surface area contributed by atoms with Crippen molar-refractivity contribution in [1.29, 1.82) is 0 Å². The number of benzene rings is 1. The molecule has 1 aromatic heterocycles. The maximum atomic E-state index is 11.1. The lowest BCUT2D eigenvalue weighted by atomic mass is 10.2. The Morgan fingerprint density at radius 3 is 2.95 bits per heavy atom. The van der Waals surface area contributed by atoms with Crippen molar-refractivity contribution < 1.29 is 9.53 Å². The van der Waals surface area contributed by atoms with Gasteiger partial charge >= 0.3 is 5.97 Å². The largest absolute Gasteiger partial charge is 0.469 e. The molecule has 0 fully saturated rings. The standard InChI is InChI=1S/C14H17N3O2/c1-17(9-5-8-13(18)19-2)14-12-7-4-3-6-11(12)10-15-16-14/h3-4,6-7,10H,5,8-9H2,1-2H3. The summed E-state index contributed by atoms with van der Waals surface area (Å²) < 4.78 is 4.62. The first-order chi connectivity index (χ1) is 9.22. The van der Waals surface area contributed by atoms with E-state index in [0.717, 1.165) is 29.6 Å². The summed E-state index contributed by atoms with van der Waals surface area (Å²) in [6.45, 7) is 0.734. The lowest BCUT2D eigenvalue weighted by Gasteiger charge is -2.18. The highest BCUT2D eigenvalue weighted by Crippen LogP contribution is 2.22. The summed E-state index contributed by atoms with van der Waals surface area (Å²) in [6, 6.07) is 7.99. The van der Waals surface area contributed by atoms with Crippen LogP contribution >= 0.6 is 0 Å². The molecule has 0 N–H and O–H groups in total. The predicted octanol–water partition coefficient (Wildman–Crippen LogP) is 2.02. The van der Waals surface area contributed by atoms with Crippen LogP contribution in [-0.4, -0.2) is 36.9 Å². The van der Waals surface area contributed by atoms with Crippen molar-refractivity contribution in [2.75, 3.05) is 25.6 Å². The Balaban J connectivity index is 2.09. The van der Waals surface area contributed by atoms with Crippen molar-refractivity contribution >= 4 is 22.6 Å². The summed E-state index contributed by atoms with van der Waals surface area (Å²) >= 11 is 0. The van der Waals surface area contributed by atoms with Gasteiger partial charge in [-0.25, -0.2) is 0 Å². The number of ether oxygens (including phenoxy) is 1. The number of rotatable bonds is 5. The smallest absolute Gasteiger partial charge is 0.305 e. The molecule has 19 heavy (non-hydrogen) atoms. The summed E-state index contributed by atoms with van der Waals surface area (Å²) in [5.41, 5.74) is 0. The van der Waals surface area contributed by atoms with Crippen LogP contribution < -0.4 is 4.90 Å². The minimum atomic E-state index is -0.183. The summed E-state index contributed by atoms with van der Waals surface area (Å²) in [5, 5.41) is 10.3. The van der Waals surface area contributed by atoms with Gasteiger partial charge in [0.15, 0.2) is 5.82 Å². The molecular formula is C14H17N3O2. The van der Waals surface area contributed by atoms with Gasteiger partial charge in [-0.15, -0.1) is 5.10 Å². The molecule has 0 saturated carbocycles. The Hall–Kier alpha value is -2.17. The van der Waals surface area contributed by atoms with E-state index in [-0.39, 0.29) is 5.97 Å². The Bertz CT molecular complexity index is 566. The maximum Gasteiger partial charge on any atom is 0.305 e. The number of hydrogen-bond donors (Lipinski definition) is 0. The van der Waals surface area contributed by atoms with Crippen LogP contribution in [0.5, 0.6) is 0 Å². The topological polar surface area (TPSA) is 55.3 Å². The second-order valence-corrected chi connectivity index (χ2v) is 4.36. The normalized spacial score (nSPS) is 10.4. The molecule has 5 nitrogen and oxygen atoms in total. The molecule has 1 aromatic carbocycles. The van der Waals surface area contributed by atoms with E-state index in [1.54, 1.807) is 6.20 Å². The zero-order valence-electron chi connectivity index (χ0n) is 11.2. The molecule has 0 bridgehead atoms. The number of carbonyl (C=O) groups excluding carboxylic acids is 1. The fourth-order valence-corrected chi connectivity index (χ4v) is 1.96. The number of hydrogen-bond acceptors (Lipinski definition) is 5. The molecule has 0 aliphatic rings. The van der Waals surface area contributed by atoms with Gasteiger partial charge in [0, 0.05) is 30.8 Å². The van der Waals surface area contributed by atoms with Crippen LogP contribution in [0.25, 0.3) is 10.8 Å². The molecule has 2 rings (SSSR count). The van der Waals surface area contributed by atoms with Gasteiger partial charge in [0.25, 0.3) is 0 Å². The van der Waals surface area contributed by atoms with Gasteiger partial charge in [0.05, 0.1) is 13.3 Å². The molecule has 5 heteroatoms. The first kappa shape index (κ1) is 13.3. The molecule has 1 heterocycles. The van der Waals surface area contributed by atoms with Gasteiger partial charge < -0.3 is 9.64 Å². The summed E-state index contributed by atoms with van der Waals surface area (Å²) in [4.78, 5) is 13.1. The van der Waals surface area contributed by atoms with Crippen molar-refractivity contribution in [3.8, 4) is 0 Å². The van der Waals surface area contributed by atoms with Crippen LogP contribution in [0.3, 0.4) is 0 Å². The fourth-order valence-electron chi connectivity index (χ4n) is 1.96. The highest BCUT2D eigenvalue weighted by molar-refractivity contribution is 5.91. The Morgan fingerprint density at radius 1 is 1.37 bits per heavy atom. The maximum absolute atomic E-state index is 11.1. The molecule has 0 spiro atoms. The number of anilines is 1. The number of fused-ring (bicyclic) bond motifs is 1. The third-order valence-corrected chi connectivity index (χ3v) is 3.01. The van der Waals surface area contributed by atoms with Crippen LogP contribution in [-0.2, 0) is 9.53 Å². The van der Waals surface area contributed by atoms with Gasteiger partial charge in [-0.05, 0) is 6.42 Å². The van der Waals surface area contributed by atoms with Crippen molar-refractivity contribution in [2.24, 2.45) is 0 Å². The average Bonchev–Trinajstić information content (AvgIpc) is 2.46. The van der Waals surface area contributed by atoms with Crippen LogP contribution in [0.4, 0.5) is 5.82 Å². The van der Waals surface area contributed by atoms with E-state index in [1.807, 2.05) is 36.2 Å². The van der Waals surface area contributed by atoms with E-state index >= 15 is 0 Å². The molecule has 0 amide bonds. The average molecular weight is 259 g/mol. The van der Waals surface area contributed by atoms with Gasteiger partial charge in [-0.3, -0.25) is 4.79 Å². The summed E-state index contributed by atoms with van der Waals surface area (Å²) in [5.74, 6) is 0.653. The SMILES string of the molecule is COC(=O)CCCN(C)c1nncc2ccccc12. The molecule has 0 aliphatic heterocycles. The van der Waals surface area contributed by atoms with E-state index in [1.165, 1.54) is 7.11 Å². The number of methoxy groups -OCH3 is 1. The second-order valence-electron chi connectivity index (χ2n) is 4.36. The minimum absolute atomic E-state index is 0.183. The number of aromatic nitrogens is 2. The van der Waals surface area contributed by atoms with Crippen molar-refractivity contribution in [3.05, 3.63) is 30.5 Å². The van der Waals surface area contributed by atoms with E-state index in [9.17, 15) is 4.79 Å². The molecule has 0 unspecified atom stereocenters. The van der Waals surface area contributed by atoms with E-state index < -0.39 is 0 Å². The highest BCUT2D eigenvalue weighted by atomic mass is 16.5. The van der Waals surface area contributed by atoms with Gasteiger partial charge in [0.2, 0.25) is 0 Å². The van der Waals surface area contributed by atoms with Crippen LogP contribution in [0, 0.1) is 0 Å². The third-order valence-electron chi connectivity index (χ3n) is 3.01. The minimum Gasteiger partial charge on any atom is -0.469 e. The molecule has 0 atom stereocenters. The lowest BCUT2D eigenvalue weighted by molar-refractivity contribution is -0.140. The van der Waals surface area contributed by atoms with Crippen LogP contribution in [0.2, 0.25) is 0 Å². The van der Waals surface area contributed by atoms with Crippen LogP contribution in [0.1, 0.15) is 12.8 Å². The van der Waals surface area contributed by atoms with E-state index in [4.69, 9.17) is 0 Å². The van der Waals surface area contributed by atoms with Gasteiger partial charge in [-0.1, -0.05) is 24.3 Å². The van der Waals surface area contributed by atoms with Gasteiger partial charge in [0.1, 0.15) is 0 Å². The number of esters is 1. The fraction of sp³-hybridized carbons (Fsp3) is 0.357. The van der Waals surface area contributed by atoms with Crippen molar-refractivity contribution in [1.82, 2.24) is 10.2 Å². The third kappa shape index (κ3) is 3.19.